The predicted octanol–water partition coefficient (Wildman–Crippen LogP) is 0.444. The number of nitrogens with zero attached hydrogens (tertiary/aromatic N) is 3. The molecule has 5 heteroatoms. The molecule has 0 radical (unpaired) electrons. The molecule has 0 aromatic rings. The highest BCUT2D eigenvalue weighted by Gasteiger charge is 2.08. The molecule has 3 N–H and O–H groups in total. The van der Waals surface area contributed by atoms with Crippen molar-refractivity contribution in [1.29, 1.82) is 5.41 Å². The van der Waals surface area contributed by atoms with Crippen molar-refractivity contribution in [1.82, 2.24) is 4.90 Å². The Morgan fingerprint density at radius 1 is 1.54 bits per heavy atom. The molecule has 0 fully saturated rings. The van der Waals surface area contributed by atoms with Gasteiger partial charge in [-0.3, -0.25) is 10.4 Å². The maximum absolute atomic E-state index is 7.24. The van der Waals surface area contributed by atoms with E-state index in [0.717, 1.165) is 0 Å². The van der Waals surface area contributed by atoms with Crippen molar-refractivity contribution in [3.05, 3.63) is 11.5 Å². The van der Waals surface area contributed by atoms with Crippen LogP contribution in [0.1, 0.15) is 6.92 Å². The first-order valence-electron chi connectivity index (χ1n) is 3.76. The standard InChI is InChI=1S/C8H15N5/c1-5-12-8(13(3)4)6(11-2)7(9)10/h5H,2H2,1,3-4H3,(H3,9,10)/b8-6-,12-5?. The Morgan fingerprint density at radius 2 is 2.08 bits per heavy atom. The van der Waals surface area contributed by atoms with Crippen LogP contribution in [0.15, 0.2) is 21.5 Å². The molecule has 72 valence electrons. The number of nitrogens with one attached hydrogen (secondary N) is 1. The molecule has 0 saturated heterocycles. The van der Waals surface area contributed by atoms with Gasteiger partial charge in [0, 0.05) is 20.3 Å². The van der Waals surface area contributed by atoms with Gasteiger partial charge in [-0.2, -0.15) is 0 Å². The fraction of sp³-hybridized carbons (Fsp3) is 0.375. The third-order valence-electron chi connectivity index (χ3n) is 1.30. The van der Waals surface area contributed by atoms with Crippen LogP contribution in [0.4, 0.5) is 0 Å². The van der Waals surface area contributed by atoms with Crippen LogP contribution < -0.4 is 5.73 Å². The van der Waals surface area contributed by atoms with E-state index in [4.69, 9.17) is 11.1 Å². The van der Waals surface area contributed by atoms with Crippen LogP contribution in [-0.2, 0) is 0 Å². The van der Waals surface area contributed by atoms with E-state index in [1.807, 2.05) is 0 Å². The maximum atomic E-state index is 7.24. The lowest BCUT2D eigenvalue weighted by Gasteiger charge is -2.14. The summed E-state index contributed by atoms with van der Waals surface area (Å²) >= 11 is 0. The van der Waals surface area contributed by atoms with Crippen LogP contribution in [0.25, 0.3) is 0 Å². The van der Waals surface area contributed by atoms with E-state index in [1.54, 1.807) is 32.1 Å². The monoisotopic (exact) mass is 181 g/mol. The average molecular weight is 181 g/mol. The Morgan fingerprint density at radius 3 is 2.31 bits per heavy atom. The fourth-order valence-corrected chi connectivity index (χ4v) is 0.787. The molecule has 0 aliphatic carbocycles. The van der Waals surface area contributed by atoms with Crippen molar-refractivity contribution in [2.24, 2.45) is 15.7 Å². The van der Waals surface area contributed by atoms with Gasteiger partial charge in [0.05, 0.1) is 0 Å². The average Bonchev–Trinajstić information content (AvgIpc) is 2.03. The first kappa shape index (κ1) is 11.4. The van der Waals surface area contributed by atoms with Gasteiger partial charge in [0.25, 0.3) is 0 Å². The lowest BCUT2D eigenvalue weighted by atomic mass is 10.4. The fourth-order valence-electron chi connectivity index (χ4n) is 0.787. The number of rotatable bonds is 4. The smallest absolute Gasteiger partial charge is 0.157 e. The van der Waals surface area contributed by atoms with Crippen LogP contribution in [-0.4, -0.2) is 37.8 Å². The van der Waals surface area contributed by atoms with Gasteiger partial charge >= 0.3 is 0 Å². The van der Waals surface area contributed by atoms with Crippen LogP contribution in [0.5, 0.6) is 0 Å². The molecule has 0 amide bonds. The summed E-state index contributed by atoms with van der Waals surface area (Å²) in [6, 6.07) is 0. The summed E-state index contributed by atoms with van der Waals surface area (Å²) in [4.78, 5) is 9.42. The lowest BCUT2D eigenvalue weighted by Crippen LogP contribution is -2.19. The number of aliphatic imine (C=N–C) groups is 2. The Bertz CT molecular complexity index is 262. The van der Waals surface area contributed by atoms with E-state index >= 15 is 0 Å². The Hall–Kier alpha value is -1.65. The second kappa shape index (κ2) is 5.08. The topological polar surface area (TPSA) is 77.8 Å². The lowest BCUT2D eigenvalue weighted by molar-refractivity contribution is 0.502. The third kappa shape index (κ3) is 3.06. The van der Waals surface area contributed by atoms with Gasteiger partial charge in [0.1, 0.15) is 11.5 Å². The van der Waals surface area contributed by atoms with Gasteiger partial charge in [-0.1, -0.05) is 0 Å². The van der Waals surface area contributed by atoms with Crippen LogP contribution in [0, 0.1) is 5.41 Å². The first-order chi connectivity index (χ1) is 6.04. The van der Waals surface area contributed by atoms with E-state index < -0.39 is 0 Å². The summed E-state index contributed by atoms with van der Waals surface area (Å²) in [6.45, 7) is 5.12. The van der Waals surface area contributed by atoms with E-state index in [2.05, 4.69) is 16.7 Å². The molecule has 0 rings (SSSR count). The molecule has 0 spiro atoms. The van der Waals surface area contributed by atoms with E-state index in [0.29, 0.717) is 11.5 Å². The molecule has 0 saturated carbocycles. The van der Waals surface area contributed by atoms with Crippen molar-refractivity contribution < 1.29 is 0 Å². The summed E-state index contributed by atoms with van der Waals surface area (Å²) in [5.41, 5.74) is 5.60. The van der Waals surface area contributed by atoms with Gasteiger partial charge in [0.2, 0.25) is 0 Å². The summed E-state index contributed by atoms with van der Waals surface area (Å²) in [5.74, 6) is 0.398. The normalized spacial score (nSPS) is 12.5. The minimum Gasteiger partial charge on any atom is -0.382 e. The molecule has 0 atom stereocenters. The van der Waals surface area contributed by atoms with Crippen LogP contribution >= 0.6 is 0 Å². The van der Waals surface area contributed by atoms with Gasteiger partial charge in [-0.25, -0.2) is 4.99 Å². The highest BCUT2D eigenvalue weighted by atomic mass is 15.2. The molecular weight excluding hydrogens is 166 g/mol. The zero-order valence-electron chi connectivity index (χ0n) is 8.20. The molecule has 5 nitrogen and oxygen atoms in total. The van der Waals surface area contributed by atoms with Gasteiger partial charge in [-0.15, -0.1) is 0 Å². The summed E-state index contributed by atoms with van der Waals surface area (Å²) in [7, 11) is 3.60. The molecular formula is C8H15N5. The van der Waals surface area contributed by atoms with Crippen LogP contribution in [0.2, 0.25) is 0 Å². The van der Waals surface area contributed by atoms with Crippen LogP contribution in [0.3, 0.4) is 0 Å². The molecule has 0 unspecified atom stereocenters. The predicted molar refractivity (Wildman–Crippen MR) is 56.3 cm³/mol. The molecule has 13 heavy (non-hydrogen) atoms. The zero-order chi connectivity index (χ0) is 10.4. The number of amidine groups is 1. The highest BCUT2D eigenvalue weighted by molar-refractivity contribution is 5.95. The quantitative estimate of drug-likeness (QED) is 0.487. The SMILES string of the molecule is C=N/C(C(=N)N)=C(/N=CC)N(C)C. The van der Waals surface area contributed by atoms with E-state index in [1.165, 1.54) is 0 Å². The zero-order valence-corrected chi connectivity index (χ0v) is 8.20. The molecule has 0 bridgehead atoms. The van der Waals surface area contributed by atoms with Crippen molar-refractivity contribution in [2.45, 2.75) is 6.92 Å². The number of nitrogens with two attached hydrogens (primary N) is 1. The molecule has 0 aliphatic rings. The number of hydrogen-bond acceptors (Lipinski definition) is 4. The summed E-state index contributed by atoms with van der Waals surface area (Å²) in [6.07, 6.45) is 1.61. The molecule has 0 aromatic carbocycles. The Labute approximate surface area is 78.2 Å². The highest BCUT2D eigenvalue weighted by Crippen LogP contribution is 2.08. The van der Waals surface area contributed by atoms with Crippen molar-refractivity contribution >= 4 is 18.8 Å². The van der Waals surface area contributed by atoms with Gasteiger partial charge in [-0.05, 0) is 13.6 Å². The van der Waals surface area contributed by atoms with Crippen molar-refractivity contribution in [3.63, 3.8) is 0 Å². The molecule has 0 aliphatic heterocycles. The Balaban J connectivity index is 5.25. The van der Waals surface area contributed by atoms with Gasteiger partial charge in [0.15, 0.2) is 5.82 Å². The third-order valence-corrected chi connectivity index (χ3v) is 1.30. The minimum atomic E-state index is -0.135. The van der Waals surface area contributed by atoms with Crippen molar-refractivity contribution in [3.8, 4) is 0 Å². The van der Waals surface area contributed by atoms with Crippen molar-refractivity contribution in [2.75, 3.05) is 14.1 Å². The van der Waals surface area contributed by atoms with Gasteiger partial charge < -0.3 is 10.6 Å². The van der Waals surface area contributed by atoms with E-state index in [9.17, 15) is 0 Å². The van der Waals surface area contributed by atoms with E-state index in [-0.39, 0.29) is 5.84 Å². The first-order valence-corrected chi connectivity index (χ1v) is 3.76. The largest absolute Gasteiger partial charge is 0.382 e. The second-order valence-electron chi connectivity index (χ2n) is 2.53. The summed E-state index contributed by atoms with van der Waals surface area (Å²) in [5, 5.41) is 7.24. The minimum absolute atomic E-state index is 0.135. The number of hydrogen-bond donors (Lipinski definition) is 2. The summed E-state index contributed by atoms with van der Waals surface area (Å²) < 4.78 is 0. The maximum Gasteiger partial charge on any atom is 0.157 e. The Kier molecular flexibility index (Phi) is 4.43. The molecule has 0 aromatic heterocycles. The molecule has 0 heterocycles. The second-order valence-corrected chi connectivity index (χ2v) is 2.53.